The molecule has 0 bridgehead atoms. The Labute approximate surface area is 134 Å². The summed E-state index contributed by atoms with van der Waals surface area (Å²) >= 11 is 0. The zero-order valence-electron chi connectivity index (χ0n) is 12.6. The van der Waals surface area contributed by atoms with Gasteiger partial charge in [-0.2, -0.15) is 0 Å². The number of para-hydroxylation sites is 1. The van der Waals surface area contributed by atoms with Crippen molar-refractivity contribution < 1.29 is 18.0 Å². The number of hydrogen-bond donors (Lipinski definition) is 1. The van der Waals surface area contributed by atoms with Gasteiger partial charge in [-0.25, -0.2) is 8.42 Å². The molecule has 1 aromatic carbocycles. The fourth-order valence-electron chi connectivity index (χ4n) is 2.86. The first-order chi connectivity index (χ1) is 11.1. The molecule has 1 fully saturated rings. The van der Waals surface area contributed by atoms with Crippen LogP contribution in [0.3, 0.4) is 0 Å². The molecule has 1 aromatic heterocycles. The van der Waals surface area contributed by atoms with Gasteiger partial charge in [0.2, 0.25) is 0 Å². The fraction of sp³-hybridized carbons (Fsp3) is 0.375. The molecule has 0 aliphatic heterocycles. The number of pyridine rings is 1. The maximum Gasteiger partial charge on any atom is 0.329 e. The molecule has 1 saturated carbocycles. The Bertz CT molecular complexity index is 808. The lowest BCUT2D eigenvalue weighted by Crippen LogP contribution is -2.31. The van der Waals surface area contributed by atoms with Crippen LogP contribution in [0.25, 0.3) is 10.9 Å². The van der Waals surface area contributed by atoms with Crippen molar-refractivity contribution in [2.75, 3.05) is 0 Å². The van der Waals surface area contributed by atoms with Crippen molar-refractivity contribution in [3.63, 3.8) is 0 Å². The Kier molecular flexibility index (Phi) is 4.58. The molecule has 6 nitrogen and oxygen atoms in total. The third-order valence-corrected chi connectivity index (χ3v) is 5.29. The lowest BCUT2D eigenvalue weighted by Gasteiger charge is -2.19. The molecule has 0 radical (unpaired) electrons. The number of nitrogens with zero attached hydrogens (tertiary/aromatic N) is 1. The van der Waals surface area contributed by atoms with E-state index in [2.05, 4.69) is 4.98 Å². The average Bonchev–Trinajstić information content (AvgIpc) is 2.60. The minimum absolute atomic E-state index is 0.00737. The van der Waals surface area contributed by atoms with Gasteiger partial charge < -0.3 is 4.84 Å². The highest BCUT2D eigenvalue weighted by molar-refractivity contribution is 7.89. The topological polar surface area (TPSA) is 85.4 Å². The predicted molar refractivity (Wildman–Crippen MR) is 84.7 cm³/mol. The molecule has 0 amide bonds. The highest BCUT2D eigenvalue weighted by Crippen LogP contribution is 2.25. The molecule has 0 atom stereocenters. The summed E-state index contributed by atoms with van der Waals surface area (Å²) in [4.78, 5) is 22.9. The third kappa shape index (κ3) is 3.51. The van der Waals surface area contributed by atoms with Gasteiger partial charge in [0.15, 0.2) is 0 Å². The SMILES string of the molecule is O=C(ONS(=O)(=O)c1cccc2cccnc12)C1CCCCC1. The number of aromatic nitrogens is 1. The van der Waals surface area contributed by atoms with E-state index in [1.54, 1.807) is 24.3 Å². The number of sulfonamides is 1. The minimum Gasteiger partial charge on any atom is -0.355 e. The lowest BCUT2D eigenvalue weighted by molar-refractivity contribution is -0.153. The van der Waals surface area contributed by atoms with Gasteiger partial charge in [-0.15, -0.1) is 0 Å². The van der Waals surface area contributed by atoms with Gasteiger partial charge in [0.25, 0.3) is 10.0 Å². The fourth-order valence-corrected chi connectivity index (χ4v) is 3.82. The van der Waals surface area contributed by atoms with Crippen molar-refractivity contribution >= 4 is 26.9 Å². The van der Waals surface area contributed by atoms with Gasteiger partial charge in [-0.3, -0.25) is 9.78 Å². The zero-order chi connectivity index (χ0) is 16.3. The van der Waals surface area contributed by atoms with Crippen LogP contribution in [0.15, 0.2) is 41.4 Å². The van der Waals surface area contributed by atoms with Crippen molar-refractivity contribution in [2.45, 2.75) is 37.0 Å². The van der Waals surface area contributed by atoms with Crippen molar-refractivity contribution in [3.05, 3.63) is 36.5 Å². The number of carbonyl (C=O) groups excluding carboxylic acids is 1. The highest BCUT2D eigenvalue weighted by atomic mass is 32.2. The second-order valence-corrected chi connectivity index (χ2v) is 7.29. The van der Waals surface area contributed by atoms with E-state index in [1.165, 1.54) is 12.3 Å². The summed E-state index contributed by atoms with van der Waals surface area (Å²) in [5.74, 6) is -0.737. The van der Waals surface area contributed by atoms with Gasteiger partial charge >= 0.3 is 5.97 Å². The van der Waals surface area contributed by atoms with Crippen LogP contribution in [0.1, 0.15) is 32.1 Å². The summed E-state index contributed by atoms with van der Waals surface area (Å²) in [7, 11) is -3.98. The van der Waals surface area contributed by atoms with Gasteiger partial charge in [0.05, 0.1) is 11.4 Å². The predicted octanol–water partition coefficient (Wildman–Crippen LogP) is 2.55. The van der Waals surface area contributed by atoms with Crippen molar-refractivity contribution in [2.24, 2.45) is 5.92 Å². The Morgan fingerprint density at radius 3 is 2.65 bits per heavy atom. The monoisotopic (exact) mass is 334 g/mol. The Hall–Kier alpha value is -1.99. The number of nitrogens with one attached hydrogen (secondary N) is 1. The Morgan fingerprint density at radius 2 is 1.87 bits per heavy atom. The van der Waals surface area contributed by atoms with E-state index in [0.29, 0.717) is 10.9 Å². The van der Waals surface area contributed by atoms with Gasteiger partial charge in [0, 0.05) is 11.6 Å². The van der Waals surface area contributed by atoms with Crippen LogP contribution < -0.4 is 4.89 Å². The van der Waals surface area contributed by atoms with Crippen LogP contribution in [0, 0.1) is 5.92 Å². The van der Waals surface area contributed by atoms with Crippen molar-refractivity contribution in [1.29, 1.82) is 0 Å². The zero-order valence-corrected chi connectivity index (χ0v) is 13.4. The van der Waals surface area contributed by atoms with Crippen LogP contribution in [-0.2, 0) is 19.7 Å². The second kappa shape index (κ2) is 6.64. The first kappa shape index (κ1) is 15.9. The Balaban J connectivity index is 1.77. The summed E-state index contributed by atoms with van der Waals surface area (Å²) in [6, 6.07) is 8.34. The summed E-state index contributed by atoms with van der Waals surface area (Å²) in [5.41, 5.74) is 0.344. The largest absolute Gasteiger partial charge is 0.355 e. The average molecular weight is 334 g/mol. The van der Waals surface area contributed by atoms with E-state index >= 15 is 0 Å². The molecule has 2 aromatic rings. The van der Waals surface area contributed by atoms with E-state index in [0.717, 1.165) is 32.1 Å². The number of carbonyl (C=O) groups is 1. The first-order valence-corrected chi connectivity index (χ1v) is 9.12. The molecule has 0 spiro atoms. The van der Waals surface area contributed by atoms with Crippen LogP contribution in [0.5, 0.6) is 0 Å². The van der Waals surface area contributed by atoms with E-state index in [4.69, 9.17) is 4.84 Å². The van der Waals surface area contributed by atoms with E-state index in [1.807, 2.05) is 4.89 Å². The Morgan fingerprint density at radius 1 is 1.13 bits per heavy atom. The molecular weight excluding hydrogens is 316 g/mol. The van der Waals surface area contributed by atoms with Crippen LogP contribution in [-0.4, -0.2) is 19.4 Å². The van der Waals surface area contributed by atoms with Crippen LogP contribution in [0.2, 0.25) is 0 Å². The number of benzene rings is 1. The lowest BCUT2D eigenvalue weighted by atomic mass is 9.89. The molecule has 0 unspecified atom stereocenters. The summed E-state index contributed by atoms with van der Waals surface area (Å²) in [6.45, 7) is 0. The molecule has 23 heavy (non-hydrogen) atoms. The molecule has 3 rings (SSSR count). The maximum absolute atomic E-state index is 12.4. The van der Waals surface area contributed by atoms with Gasteiger partial charge in [-0.1, -0.05) is 37.5 Å². The molecular formula is C16H18N2O4S. The van der Waals surface area contributed by atoms with Gasteiger partial charge in [-0.05, 0) is 29.9 Å². The van der Waals surface area contributed by atoms with Crippen molar-refractivity contribution in [3.8, 4) is 0 Å². The van der Waals surface area contributed by atoms with Gasteiger partial charge in [0.1, 0.15) is 4.90 Å². The van der Waals surface area contributed by atoms with Crippen LogP contribution in [0.4, 0.5) is 0 Å². The number of rotatable bonds is 4. The second-order valence-electron chi connectivity index (χ2n) is 5.67. The minimum atomic E-state index is -3.98. The first-order valence-electron chi connectivity index (χ1n) is 7.64. The number of hydrogen-bond acceptors (Lipinski definition) is 5. The molecule has 122 valence electrons. The van der Waals surface area contributed by atoms with E-state index in [-0.39, 0.29) is 10.8 Å². The summed E-state index contributed by atoms with van der Waals surface area (Å²) in [6.07, 6.45) is 6.07. The molecule has 1 N–H and O–H groups in total. The summed E-state index contributed by atoms with van der Waals surface area (Å²) < 4.78 is 24.8. The van der Waals surface area contributed by atoms with E-state index < -0.39 is 16.0 Å². The van der Waals surface area contributed by atoms with E-state index in [9.17, 15) is 13.2 Å². The molecule has 1 aliphatic rings. The molecule has 1 aliphatic carbocycles. The molecule has 0 saturated heterocycles. The van der Waals surface area contributed by atoms with Crippen molar-refractivity contribution in [1.82, 2.24) is 9.87 Å². The normalized spacial score (nSPS) is 16.3. The standard InChI is InChI=1S/C16H18N2O4S/c19-16(13-6-2-1-3-7-13)22-18-23(20,21)14-10-4-8-12-9-5-11-17-15(12)14/h4-5,8-11,13,18H,1-3,6-7H2. The highest BCUT2D eigenvalue weighted by Gasteiger charge is 2.26. The third-order valence-electron chi connectivity index (χ3n) is 4.08. The van der Waals surface area contributed by atoms with Crippen LogP contribution >= 0.6 is 0 Å². The molecule has 7 heteroatoms. The summed E-state index contributed by atoms with van der Waals surface area (Å²) in [5, 5.41) is 0.703. The maximum atomic E-state index is 12.4. The smallest absolute Gasteiger partial charge is 0.329 e. The quantitative estimate of drug-likeness (QED) is 0.869. The molecule has 1 heterocycles. The number of fused-ring (bicyclic) bond motifs is 1.